The first-order valence-corrected chi connectivity index (χ1v) is 12.6. The average Bonchev–Trinajstić information content (AvgIpc) is 3.48. The number of amides is 4. The Morgan fingerprint density at radius 2 is 1.92 bits per heavy atom. The maximum absolute atomic E-state index is 12.9. The number of esters is 1. The van der Waals surface area contributed by atoms with Crippen molar-refractivity contribution < 1.29 is 42.5 Å². The molecule has 0 unspecified atom stereocenters. The molecule has 0 bridgehead atoms. The number of hydrogen-bond donors (Lipinski definition) is 1. The van der Waals surface area contributed by atoms with Crippen molar-refractivity contribution in [2.45, 2.75) is 13.5 Å². The van der Waals surface area contributed by atoms with Gasteiger partial charge in [-0.3, -0.25) is 14.5 Å². The van der Waals surface area contributed by atoms with Crippen molar-refractivity contribution in [3.05, 3.63) is 51.5 Å². The molecule has 0 saturated carbocycles. The first-order valence-electron chi connectivity index (χ1n) is 11.8. The van der Waals surface area contributed by atoms with E-state index in [4.69, 9.17) is 18.6 Å². The van der Waals surface area contributed by atoms with Gasteiger partial charge in [-0.15, -0.1) is 0 Å². The van der Waals surface area contributed by atoms with Crippen LogP contribution in [0.1, 0.15) is 28.8 Å². The van der Waals surface area contributed by atoms with Gasteiger partial charge in [-0.05, 0) is 58.8 Å². The lowest BCUT2D eigenvalue weighted by Crippen LogP contribution is -2.43. The van der Waals surface area contributed by atoms with Crippen LogP contribution in [0.15, 0.2) is 38.9 Å². The van der Waals surface area contributed by atoms with Gasteiger partial charge in [-0.2, -0.15) is 0 Å². The molecule has 3 heterocycles. The van der Waals surface area contributed by atoms with Crippen LogP contribution in [0.2, 0.25) is 0 Å². The first kappa shape index (κ1) is 27.2. The van der Waals surface area contributed by atoms with E-state index < -0.39 is 17.9 Å². The van der Waals surface area contributed by atoms with Gasteiger partial charge in [-0.25, -0.2) is 9.59 Å². The van der Waals surface area contributed by atoms with E-state index in [9.17, 15) is 19.2 Å². The van der Waals surface area contributed by atoms with Gasteiger partial charge in [0.2, 0.25) is 5.76 Å². The lowest BCUT2D eigenvalue weighted by Gasteiger charge is -2.27. The van der Waals surface area contributed by atoms with E-state index >= 15 is 0 Å². The largest absolute Gasteiger partial charge is 0.490 e. The van der Waals surface area contributed by atoms with E-state index in [2.05, 4.69) is 26.0 Å². The predicted molar refractivity (Wildman–Crippen MR) is 135 cm³/mol. The SMILES string of the molecule is CCOc1cc(/C=C2\NC(=O)N(Cc3ccc(C(=O)OC)o3)C2=O)cc(Br)c1OCC(=O)N1CCOCC1. The Bertz CT molecular complexity index is 1270. The van der Waals surface area contributed by atoms with Crippen molar-refractivity contribution in [2.24, 2.45) is 0 Å². The summed E-state index contributed by atoms with van der Waals surface area (Å²) in [7, 11) is 1.22. The maximum atomic E-state index is 12.9. The van der Waals surface area contributed by atoms with Gasteiger partial charge >= 0.3 is 12.0 Å². The molecule has 0 aliphatic carbocycles. The quantitative estimate of drug-likeness (QED) is 0.265. The zero-order valence-electron chi connectivity index (χ0n) is 20.8. The molecule has 0 spiro atoms. The highest BCUT2D eigenvalue weighted by molar-refractivity contribution is 9.10. The zero-order chi connectivity index (χ0) is 27.2. The van der Waals surface area contributed by atoms with Gasteiger partial charge in [0.1, 0.15) is 11.5 Å². The molecule has 2 aliphatic heterocycles. The minimum absolute atomic E-state index is 0.0347. The van der Waals surface area contributed by atoms with Gasteiger partial charge in [0.25, 0.3) is 11.8 Å². The molecule has 202 valence electrons. The van der Waals surface area contributed by atoms with E-state index in [1.807, 2.05) is 0 Å². The van der Waals surface area contributed by atoms with Crippen molar-refractivity contribution in [3.63, 3.8) is 0 Å². The maximum Gasteiger partial charge on any atom is 0.373 e. The summed E-state index contributed by atoms with van der Waals surface area (Å²) in [6.45, 7) is 3.80. The number of benzene rings is 1. The van der Waals surface area contributed by atoms with Crippen LogP contribution in [0.4, 0.5) is 4.79 Å². The zero-order valence-corrected chi connectivity index (χ0v) is 22.4. The summed E-state index contributed by atoms with van der Waals surface area (Å²) in [4.78, 5) is 52.1. The van der Waals surface area contributed by atoms with Crippen molar-refractivity contribution in [2.75, 3.05) is 46.6 Å². The van der Waals surface area contributed by atoms with Gasteiger partial charge < -0.3 is 33.6 Å². The van der Waals surface area contributed by atoms with Crippen molar-refractivity contribution in [3.8, 4) is 11.5 Å². The summed E-state index contributed by atoms with van der Waals surface area (Å²) in [6, 6.07) is 5.58. The summed E-state index contributed by atoms with van der Waals surface area (Å²) < 4.78 is 27.2. The number of carbonyl (C=O) groups is 4. The number of hydrogen-bond acceptors (Lipinski definition) is 9. The number of nitrogens with one attached hydrogen (secondary N) is 1. The lowest BCUT2D eigenvalue weighted by molar-refractivity contribution is -0.137. The predicted octanol–water partition coefficient (Wildman–Crippen LogP) is 2.56. The minimum atomic E-state index is -0.664. The molecule has 1 aromatic heterocycles. The summed E-state index contributed by atoms with van der Waals surface area (Å²) in [5.41, 5.74) is 0.587. The van der Waals surface area contributed by atoms with E-state index in [1.165, 1.54) is 25.3 Å². The van der Waals surface area contributed by atoms with Gasteiger partial charge in [0, 0.05) is 13.1 Å². The number of ether oxygens (including phenoxy) is 4. The average molecular weight is 592 g/mol. The number of imide groups is 1. The van der Waals surface area contributed by atoms with Crippen LogP contribution in [-0.2, 0) is 25.6 Å². The number of carbonyl (C=O) groups excluding carboxylic acids is 4. The van der Waals surface area contributed by atoms with E-state index in [0.717, 1.165) is 4.90 Å². The number of furan rings is 1. The van der Waals surface area contributed by atoms with Crippen molar-refractivity contribution >= 4 is 45.8 Å². The third kappa shape index (κ3) is 6.17. The van der Waals surface area contributed by atoms with Crippen LogP contribution >= 0.6 is 15.9 Å². The number of halogens is 1. The van der Waals surface area contributed by atoms with Crippen molar-refractivity contribution in [1.82, 2.24) is 15.1 Å². The molecule has 4 amide bonds. The Morgan fingerprint density at radius 1 is 1.16 bits per heavy atom. The second-order valence-electron chi connectivity index (χ2n) is 8.18. The van der Waals surface area contributed by atoms with E-state index in [-0.39, 0.29) is 36.3 Å². The van der Waals surface area contributed by atoms with E-state index in [0.29, 0.717) is 54.4 Å². The number of morpholine rings is 1. The van der Waals surface area contributed by atoms with Gasteiger partial charge in [-0.1, -0.05) is 0 Å². The molecule has 2 saturated heterocycles. The molecule has 2 fully saturated rings. The molecular formula is C25H26BrN3O9. The van der Waals surface area contributed by atoms with Crippen LogP contribution in [0.25, 0.3) is 6.08 Å². The van der Waals surface area contributed by atoms with Gasteiger partial charge in [0.05, 0.1) is 37.9 Å². The summed E-state index contributed by atoms with van der Waals surface area (Å²) in [5.74, 6) is -0.485. The Balaban J connectivity index is 1.48. The van der Waals surface area contributed by atoms with Crippen LogP contribution in [-0.4, -0.2) is 80.2 Å². The van der Waals surface area contributed by atoms with Crippen molar-refractivity contribution in [1.29, 1.82) is 0 Å². The molecule has 13 heteroatoms. The molecule has 2 aromatic rings. The molecule has 0 radical (unpaired) electrons. The highest BCUT2D eigenvalue weighted by Gasteiger charge is 2.34. The highest BCUT2D eigenvalue weighted by atomic mass is 79.9. The second kappa shape index (κ2) is 12.1. The highest BCUT2D eigenvalue weighted by Crippen LogP contribution is 2.38. The lowest BCUT2D eigenvalue weighted by atomic mass is 10.1. The van der Waals surface area contributed by atoms with Gasteiger partial charge in [0.15, 0.2) is 18.1 Å². The Labute approximate surface area is 226 Å². The molecule has 1 aromatic carbocycles. The standard InChI is InChI=1S/C25H26BrN3O9/c1-3-36-20-12-15(10-17(26)22(20)37-14-21(30)28-6-8-35-9-7-28)11-18-23(31)29(25(33)27-18)13-16-4-5-19(38-16)24(32)34-2/h4-5,10-12H,3,6-9,13-14H2,1-2H3,(H,27,33)/b18-11-. The fourth-order valence-corrected chi connectivity index (χ4v) is 4.40. The topological polar surface area (TPSA) is 137 Å². The molecule has 4 rings (SSSR count). The number of methoxy groups -OCH3 is 1. The smallest absolute Gasteiger partial charge is 0.373 e. The second-order valence-corrected chi connectivity index (χ2v) is 9.04. The molecule has 12 nitrogen and oxygen atoms in total. The Morgan fingerprint density at radius 3 is 2.63 bits per heavy atom. The monoisotopic (exact) mass is 591 g/mol. The number of urea groups is 1. The normalized spacial score (nSPS) is 16.6. The Hall–Kier alpha value is -3.84. The molecule has 0 atom stereocenters. The van der Waals surface area contributed by atoms with Crippen LogP contribution in [0.3, 0.4) is 0 Å². The van der Waals surface area contributed by atoms with Crippen LogP contribution in [0, 0.1) is 0 Å². The molecule has 2 aliphatic rings. The fourth-order valence-electron chi connectivity index (χ4n) is 3.82. The summed E-state index contributed by atoms with van der Waals surface area (Å²) >= 11 is 3.45. The van der Waals surface area contributed by atoms with Crippen LogP contribution in [0.5, 0.6) is 11.5 Å². The first-order chi connectivity index (χ1) is 18.3. The number of nitrogens with zero attached hydrogens (tertiary/aromatic N) is 2. The van der Waals surface area contributed by atoms with E-state index in [1.54, 1.807) is 24.0 Å². The fraction of sp³-hybridized carbons (Fsp3) is 0.360. The molecular weight excluding hydrogens is 566 g/mol. The summed E-state index contributed by atoms with van der Waals surface area (Å²) in [6.07, 6.45) is 1.50. The summed E-state index contributed by atoms with van der Waals surface area (Å²) in [5, 5.41) is 2.54. The number of rotatable bonds is 9. The Kier molecular flexibility index (Phi) is 8.69. The molecule has 38 heavy (non-hydrogen) atoms. The van der Waals surface area contributed by atoms with Crippen LogP contribution < -0.4 is 14.8 Å². The molecule has 1 N–H and O–H groups in total. The third-order valence-electron chi connectivity index (χ3n) is 5.67. The third-order valence-corrected chi connectivity index (χ3v) is 6.26. The minimum Gasteiger partial charge on any atom is -0.490 e.